The van der Waals surface area contributed by atoms with Crippen molar-refractivity contribution in [3.8, 4) is 0 Å². The molecule has 1 heterocycles. The first-order valence-corrected chi connectivity index (χ1v) is 7.12. The summed E-state index contributed by atoms with van der Waals surface area (Å²) in [5.74, 6) is 1.70. The Morgan fingerprint density at radius 1 is 1.38 bits per heavy atom. The van der Waals surface area contributed by atoms with Gasteiger partial charge in [-0.2, -0.15) is 11.8 Å². The van der Waals surface area contributed by atoms with Gasteiger partial charge in [-0.25, -0.2) is 0 Å². The lowest BCUT2D eigenvalue weighted by Gasteiger charge is -2.16. The molecule has 0 fully saturated rings. The van der Waals surface area contributed by atoms with Crippen LogP contribution in [-0.4, -0.2) is 5.25 Å². The monoisotopic (exact) mass is 235 g/mol. The molecular formula is C14H21NS. The molecule has 0 aliphatic carbocycles. The molecule has 1 nitrogen and oxygen atoms in total. The molecular weight excluding hydrogens is 214 g/mol. The molecule has 2 atom stereocenters. The molecule has 1 aliphatic rings. The van der Waals surface area contributed by atoms with Gasteiger partial charge in [-0.05, 0) is 29.0 Å². The zero-order valence-corrected chi connectivity index (χ0v) is 11.2. The zero-order valence-electron chi connectivity index (χ0n) is 10.4. The summed E-state index contributed by atoms with van der Waals surface area (Å²) in [6.45, 7) is 6.75. The third kappa shape index (κ3) is 2.44. The fourth-order valence-corrected chi connectivity index (χ4v) is 3.30. The molecule has 0 aromatic heterocycles. The average molecular weight is 235 g/mol. The van der Waals surface area contributed by atoms with E-state index in [1.807, 2.05) is 11.8 Å². The lowest BCUT2D eigenvalue weighted by Crippen LogP contribution is -2.14. The minimum Gasteiger partial charge on any atom is -0.324 e. The molecule has 1 aromatic rings. The van der Waals surface area contributed by atoms with Gasteiger partial charge in [0.1, 0.15) is 0 Å². The van der Waals surface area contributed by atoms with Gasteiger partial charge in [-0.15, -0.1) is 0 Å². The Labute approximate surface area is 103 Å². The maximum Gasteiger partial charge on any atom is 0.0308 e. The fourth-order valence-electron chi connectivity index (χ4n) is 2.23. The fraction of sp³-hybridized carbons (Fsp3) is 0.571. The predicted molar refractivity (Wildman–Crippen MR) is 72.8 cm³/mol. The summed E-state index contributed by atoms with van der Waals surface area (Å²) in [4.78, 5) is 0. The summed E-state index contributed by atoms with van der Waals surface area (Å²) in [6.07, 6.45) is 1.10. The van der Waals surface area contributed by atoms with Gasteiger partial charge in [0.25, 0.3) is 0 Å². The number of nitrogens with two attached hydrogens (primary N) is 1. The minimum absolute atomic E-state index is 0.221. The Hall–Kier alpha value is -0.470. The van der Waals surface area contributed by atoms with Crippen LogP contribution in [-0.2, 0) is 5.75 Å². The summed E-state index contributed by atoms with van der Waals surface area (Å²) < 4.78 is 0. The second-order valence-corrected chi connectivity index (χ2v) is 6.50. The van der Waals surface area contributed by atoms with Gasteiger partial charge in [-0.1, -0.05) is 39.0 Å². The van der Waals surface area contributed by atoms with Crippen molar-refractivity contribution in [3.63, 3.8) is 0 Å². The number of hydrogen-bond donors (Lipinski definition) is 1. The molecule has 1 unspecified atom stereocenters. The smallest absolute Gasteiger partial charge is 0.0308 e. The lowest BCUT2D eigenvalue weighted by atomic mass is 9.93. The normalized spacial score (nSPS) is 25.3. The van der Waals surface area contributed by atoms with Crippen molar-refractivity contribution in [2.45, 2.75) is 50.2 Å². The summed E-state index contributed by atoms with van der Waals surface area (Å²) >= 11 is 2.02. The van der Waals surface area contributed by atoms with Crippen LogP contribution in [0.1, 0.15) is 55.8 Å². The highest BCUT2D eigenvalue weighted by Gasteiger charge is 2.20. The highest BCUT2D eigenvalue weighted by molar-refractivity contribution is 7.99. The van der Waals surface area contributed by atoms with Crippen molar-refractivity contribution in [2.24, 2.45) is 5.73 Å². The highest BCUT2D eigenvalue weighted by Crippen LogP contribution is 2.34. The Morgan fingerprint density at radius 2 is 2.12 bits per heavy atom. The van der Waals surface area contributed by atoms with Crippen LogP contribution in [0.4, 0.5) is 0 Å². The van der Waals surface area contributed by atoms with Crippen LogP contribution in [0.5, 0.6) is 0 Å². The second-order valence-electron chi connectivity index (χ2n) is 5.08. The largest absolute Gasteiger partial charge is 0.324 e. The van der Waals surface area contributed by atoms with Crippen LogP contribution in [0.25, 0.3) is 0 Å². The number of hydrogen-bond acceptors (Lipinski definition) is 2. The molecule has 2 N–H and O–H groups in total. The maximum atomic E-state index is 6.29. The Balaban J connectivity index is 2.37. The van der Waals surface area contributed by atoms with Crippen molar-refractivity contribution in [3.05, 3.63) is 34.9 Å². The van der Waals surface area contributed by atoms with Gasteiger partial charge in [0.15, 0.2) is 0 Å². The molecule has 1 aromatic carbocycles. The summed E-state index contributed by atoms with van der Waals surface area (Å²) in [7, 11) is 0. The van der Waals surface area contributed by atoms with Gasteiger partial charge in [-0.3, -0.25) is 0 Å². The van der Waals surface area contributed by atoms with E-state index in [1.165, 1.54) is 16.7 Å². The second kappa shape index (κ2) is 4.80. The Kier molecular flexibility index (Phi) is 3.60. The van der Waals surface area contributed by atoms with E-state index < -0.39 is 0 Å². The van der Waals surface area contributed by atoms with Gasteiger partial charge in [0.05, 0.1) is 0 Å². The molecule has 2 heteroatoms. The molecule has 0 radical (unpaired) electrons. The quantitative estimate of drug-likeness (QED) is 0.800. The van der Waals surface area contributed by atoms with E-state index in [9.17, 15) is 0 Å². The number of thioether (sulfide) groups is 1. The third-order valence-electron chi connectivity index (χ3n) is 3.35. The molecule has 88 valence electrons. The average Bonchev–Trinajstić information content (AvgIpc) is 2.38. The van der Waals surface area contributed by atoms with E-state index >= 15 is 0 Å². The van der Waals surface area contributed by atoms with E-state index in [0.29, 0.717) is 11.2 Å². The summed E-state index contributed by atoms with van der Waals surface area (Å²) in [5, 5.41) is 0.671. The van der Waals surface area contributed by atoms with Gasteiger partial charge < -0.3 is 5.73 Å². The topological polar surface area (TPSA) is 26.0 Å². The standard InChI is InChI=1S/C14H21NS/c1-9(2)11-4-5-12-8-16-10(3)6-14(15)13(12)7-11/h4-5,7,9-10,14H,6,8,15H2,1-3H3/t10?,14-/m0/s1. The number of rotatable bonds is 1. The van der Waals surface area contributed by atoms with Crippen LogP contribution in [0.3, 0.4) is 0 Å². The van der Waals surface area contributed by atoms with E-state index in [-0.39, 0.29) is 6.04 Å². The van der Waals surface area contributed by atoms with E-state index in [1.54, 1.807) is 0 Å². The van der Waals surface area contributed by atoms with Crippen molar-refractivity contribution in [2.75, 3.05) is 0 Å². The van der Waals surface area contributed by atoms with Gasteiger partial charge in [0.2, 0.25) is 0 Å². The van der Waals surface area contributed by atoms with Crippen molar-refractivity contribution in [1.82, 2.24) is 0 Å². The molecule has 0 saturated carbocycles. The van der Waals surface area contributed by atoms with Crippen LogP contribution < -0.4 is 5.73 Å². The molecule has 0 saturated heterocycles. The zero-order chi connectivity index (χ0) is 11.7. The number of benzene rings is 1. The Bertz CT molecular complexity index is 373. The first-order valence-electron chi connectivity index (χ1n) is 6.08. The highest BCUT2D eigenvalue weighted by atomic mass is 32.2. The molecule has 1 aliphatic heterocycles. The van der Waals surface area contributed by atoms with Gasteiger partial charge >= 0.3 is 0 Å². The summed E-state index contributed by atoms with van der Waals surface area (Å²) in [5.41, 5.74) is 10.5. The molecule has 0 bridgehead atoms. The van der Waals surface area contributed by atoms with E-state index in [2.05, 4.69) is 39.0 Å². The van der Waals surface area contributed by atoms with Crippen LogP contribution in [0.15, 0.2) is 18.2 Å². The van der Waals surface area contributed by atoms with Crippen LogP contribution >= 0.6 is 11.8 Å². The van der Waals surface area contributed by atoms with Crippen LogP contribution in [0, 0.1) is 0 Å². The first kappa shape index (κ1) is 12.0. The number of fused-ring (bicyclic) bond motifs is 1. The molecule has 0 spiro atoms. The third-order valence-corrected chi connectivity index (χ3v) is 4.58. The maximum absolute atomic E-state index is 6.29. The molecule has 16 heavy (non-hydrogen) atoms. The minimum atomic E-state index is 0.221. The molecule has 2 rings (SSSR count). The van der Waals surface area contributed by atoms with Crippen molar-refractivity contribution >= 4 is 11.8 Å². The van der Waals surface area contributed by atoms with Crippen LogP contribution in [0.2, 0.25) is 0 Å². The predicted octanol–water partition coefficient (Wildman–Crippen LogP) is 3.84. The lowest BCUT2D eigenvalue weighted by molar-refractivity contribution is 0.649. The van der Waals surface area contributed by atoms with Crippen molar-refractivity contribution < 1.29 is 0 Å². The van der Waals surface area contributed by atoms with Crippen molar-refractivity contribution in [1.29, 1.82) is 0 Å². The van der Waals surface area contributed by atoms with Gasteiger partial charge in [0, 0.05) is 17.0 Å². The van der Waals surface area contributed by atoms with E-state index in [4.69, 9.17) is 5.73 Å². The summed E-state index contributed by atoms with van der Waals surface area (Å²) in [6, 6.07) is 7.07. The molecule has 0 amide bonds. The van der Waals surface area contributed by atoms with E-state index in [0.717, 1.165) is 12.2 Å². The first-order chi connectivity index (χ1) is 7.58. The SMILES string of the molecule is CC1C[C@H](N)c2cc(C(C)C)ccc2CS1. The Morgan fingerprint density at radius 3 is 2.81 bits per heavy atom.